The van der Waals surface area contributed by atoms with Gasteiger partial charge in [0.05, 0.1) is 17.7 Å². The van der Waals surface area contributed by atoms with E-state index in [9.17, 15) is 9.18 Å². The molecule has 0 aliphatic carbocycles. The number of carbonyl (C=O) groups is 1. The summed E-state index contributed by atoms with van der Waals surface area (Å²) in [5, 5.41) is 11.9. The number of hydrogen-bond acceptors (Lipinski definition) is 8. The molecule has 4 aromatic rings. The zero-order chi connectivity index (χ0) is 27.1. The molecule has 1 unspecified atom stereocenters. The number of benzene rings is 2. The number of rotatable bonds is 5. The average Bonchev–Trinajstić information content (AvgIpc) is 3.28. The zero-order valence-corrected chi connectivity index (χ0v) is 22.3. The molecule has 0 bridgehead atoms. The molecule has 0 spiro atoms. The summed E-state index contributed by atoms with van der Waals surface area (Å²) in [6, 6.07) is 7.50. The topological polar surface area (TPSA) is 106 Å². The van der Waals surface area contributed by atoms with E-state index >= 15 is 0 Å². The van der Waals surface area contributed by atoms with Gasteiger partial charge in [0.15, 0.2) is 5.82 Å². The number of halogens is 1. The molecule has 3 atom stereocenters. The molecule has 2 aromatic carbocycles. The molecule has 2 saturated heterocycles. The lowest BCUT2D eigenvalue weighted by Gasteiger charge is -2.38. The summed E-state index contributed by atoms with van der Waals surface area (Å²) in [6.07, 6.45) is 5.06. The Hall–Kier alpha value is -3.83. The third kappa shape index (κ3) is 5.24. The highest BCUT2D eigenvalue weighted by Gasteiger charge is 2.25. The Bertz CT molecular complexity index is 1520. The van der Waals surface area contributed by atoms with Crippen LogP contribution in [0.15, 0.2) is 36.7 Å². The van der Waals surface area contributed by atoms with Crippen LogP contribution in [-0.4, -0.2) is 70.1 Å². The Balaban J connectivity index is 1.38. The number of anilines is 2. The van der Waals surface area contributed by atoms with Gasteiger partial charge in [0.2, 0.25) is 0 Å². The van der Waals surface area contributed by atoms with Gasteiger partial charge >= 0.3 is 6.01 Å². The third-order valence-corrected chi connectivity index (χ3v) is 7.17. The number of fused-ring (bicyclic) bond motifs is 2. The first-order valence-electron chi connectivity index (χ1n) is 13.3. The van der Waals surface area contributed by atoms with E-state index in [-0.39, 0.29) is 17.6 Å². The molecule has 1 amide bonds. The van der Waals surface area contributed by atoms with Crippen LogP contribution in [-0.2, 0) is 11.8 Å². The van der Waals surface area contributed by atoms with E-state index in [1.807, 2.05) is 6.07 Å². The summed E-state index contributed by atoms with van der Waals surface area (Å²) < 4.78 is 27.8. The van der Waals surface area contributed by atoms with Gasteiger partial charge in [-0.15, -0.1) is 0 Å². The van der Waals surface area contributed by atoms with Gasteiger partial charge in [-0.1, -0.05) is 0 Å². The van der Waals surface area contributed by atoms with Gasteiger partial charge in [0.1, 0.15) is 11.6 Å². The van der Waals surface area contributed by atoms with E-state index < -0.39 is 11.7 Å². The molecule has 11 heteroatoms. The highest BCUT2D eigenvalue weighted by atomic mass is 19.1. The van der Waals surface area contributed by atoms with Crippen molar-refractivity contribution < 1.29 is 18.7 Å². The van der Waals surface area contributed by atoms with Gasteiger partial charge in [-0.3, -0.25) is 9.48 Å². The Morgan fingerprint density at radius 3 is 2.79 bits per heavy atom. The molecule has 2 fully saturated rings. The Labute approximate surface area is 225 Å². The van der Waals surface area contributed by atoms with Gasteiger partial charge in [0.25, 0.3) is 5.91 Å². The zero-order valence-electron chi connectivity index (χ0n) is 22.3. The lowest BCUT2D eigenvalue weighted by atomic mass is 10.0. The smallest absolute Gasteiger partial charge is 0.317 e. The number of aryl methyl sites for hydroxylation is 1. The van der Waals surface area contributed by atoms with E-state index in [0.717, 1.165) is 43.6 Å². The maximum atomic E-state index is 14.7. The first-order chi connectivity index (χ1) is 18.8. The Morgan fingerprint density at radius 1 is 1.21 bits per heavy atom. The summed E-state index contributed by atoms with van der Waals surface area (Å²) in [5.74, 6) is -0.903. The van der Waals surface area contributed by atoms with Crippen molar-refractivity contribution in [1.82, 2.24) is 25.1 Å². The number of aromatic nitrogens is 4. The fraction of sp³-hybridized carbons (Fsp3) is 0.429. The normalized spacial score (nSPS) is 21.8. The number of nitrogens with zero attached hydrogens (tertiary/aromatic N) is 5. The van der Waals surface area contributed by atoms with Crippen molar-refractivity contribution in [2.45, 2.75) is 44.9 Å². The first-order valence-corrected chi connectivity index (χ1v) is 13.3. The fourth-order valence-corrected chi connectivity index (χ4v) is 5.56. The van der Waals surface area contributed by atoms with Crippen LogP contribution in [0.25, 0.3) is 21.8 Å². The van der Waals surface area contributed by atoms with Crippen molar-refractivity contribution >= 4 is 39.1 Å². The summed E-state index contributed by atoms with van der Waals surface area (Å²) in [7, 11) is 1.73. The van der Waals surface area contributed by atoms with E-state index in [2.05, 4.69) is 39.5 Å². The van der Waals surface area contributed by atoms with Crippen LogP contribution >= 0.6 is 0 Å². The molecule has 0 radical (unpaired) electrons. The highest BCUT2D eigenvalue weighted by molar-refractivity contribution is 6.14. The monoisotopic (exact) mass is 533 g/mol. The van der Waals surface area contributed by atoms with Gasteiger partial charge in [-0.25, -0.2) is 9.37 Å². The molecular formula is C28H32FN7O3. The molecule has 6 rings (SSSR count). The van der Waals surface area contributed by atoms with Crippen LogP contribution in [0, 0.1) is 5.82 Å². The van der Waals surface area contributed by atoms with Crippen LogP contribution in [0.3, 0.4) is 0 Å². The minimum Gasteiger partial charge on any atom is -0.458 e. The number of nitrogens with one attached hydrogen (secondary N) is 2. The number of ether oxygens (including phenoxy) is 2. The number of amides is 1. The Kier molecular flexibility index (Phi) is 6.78. The Morgan fingerprint density at radius 2 is 2.03 bits per heavy atom. The molecule has 4 heterocycles. The highest BCUT2D eigenvalue weighted by Crippen LogP contribution is 2.32. The molecule has 2 aliphatic rings. The van der Waals surface area contributed by atoms with E-state index in [1.165, 1.54) is 6.07 Å². The molecule has 2 N–H and O–H groups in total. The third-order valence-electron chi connectivity index (χ3n) is 7.17. The summed E-state index contributed by atoms with van der Waals surface area (Å²) in [5.41, 5.74) is 2.38. The summed E-state index contributed by atoms with van der Waals surface area (Å²) in [4.78, 5) is 25.1. The van der Waals surface area contributed by atoms with Gasteiger partial charge < -0.3 is 25.0 Å². The fourth-order valence-electron chi connectivity index (χ4n) is 5.56. The number of carbonyl (C=O) groups excluding carboxylic acids is 1. The predicted molar refractivity (Wildman–Crippen MR) is 147 cm³/mol. The average molecular weight is 534 g/mol. The molecule has 0 saturated carbocycles. The van der Waals surface area contributed by atoms with Crippen LogP contribution in [0.2, 0.25) is 0 Å². The summed E-state index contributed by atoms with van der Waals surface area (Å²) in [6.45, 7) is 7.13. The van der Waals surface area contributed by atoms with Crippen molar-refractivity contribution in [2.75, 3.05) is 36.5 Å². The van der Waals surface area contributed by atoms with Crippen molar-refractivity contribution in [3.63, 3.8) is 0 Å². The van der Waals surface area contributed by atoms with Crippen molar-refractivity contribution in [3.05, 3.63) is 48.0 Å². The minimum absolute atomic E-state index is 0.138. The van der Waals surface area contributed by atoms with E-state index in [4.69, 9.17) is 14.5 Å². The largest absolute Gasteiger partial charge is 0.458 e. The van der Waals surface area contributed by atoms with Gasteiger partial charge in [-0.05, 0) is 51.0 Å². The van der Waals surface area contributed by atoms with Crippen molar-refractivity contribution in [1.29, 1.82) is 0 Å². The number of hydrogen-bond donors (Lipinski definition) is 2. The lowest BCUT2D eigenvalue weighted by Crippen LogP contribution is -2.54. The first kappa shape index (κ1) is 25.4. The number of piperazine rings is 1. The molecule has 2 aliphatic heterocycles. The molecule has 10 nitrogen and oxygen atoms in total. The predicted octanol–water partition coefficient (Wildman–Crippen LogP) is 3.65. The second-order valence-corrected chi connectivity index (χ2v) is 10.5. The van der Waals surface area contributed by atoms with E-state index in [1.54, 1.807) is 36.3 Å². The SMILES string of the molecule is C[C@@H]1CN(c2ccc(C(=O)Nc3cc(F)c4nn(C)cc4c3)c3nc(OC4CCCOC4)ncc23)C[C@H](C)N1. The van der Waals surface area contributed by atoms with Gasteiger partial charge in [-0.2, -0.15) is 10.1 Å². The second-order valence-electron chi connectivity index (χ2n) is 10.5. The van der Waals surface area contributed by atoms with Crippen LogP contribution in [0.4, 0.5) is 15.8 Å². The molecule has 204 valence electrons. The minimum atomic E-state index is -0.502. The second kappa shape index (κ2) is 10.4. The maximum Gasteiger partial charge on any atom is 0.317 e. The molecular weight excluding hydrogens is 501 g/mol. The molecule has 2 aromatic heterocycles. The van der Waals surface area contributed by atoms with Crippen LogP contribution in [0.1, 0.15) is 37.0 Å². The maximum absolute atomic E-state index is 14.7. The molecule has 39 heavy (non-hydrogen) atoms. The quantitative estimate of drug-likeness (QED) is 0.401. The van der Waals surface area contributed by atoms with Crippen molar-refractivity contribution in [2.24, 2.45) is 7.05 Å². The lowest BCUT2D eigenvalue weighted by molar-refractivity contribution is 0.00353. The standard InChI is InChI=1S/C28H32FN7O3/c1-16-12-36(13-17(2)31-16)24-7-6-21(26-22(24)11-30-28(33-26)39-20-5-4-8-38-15-20)27(37)32-19-9-18-14-35(3)34-25(18)23(29)10-19/h6-7,9-11,14,16-17,20,31H,4-5,8,12-13,15H2,1-3H3,(H,32,37)/t16-,17+,20?. The summed E-state index contributed by atoms with van der Waals surface area (Å²) >= 11 is 0. The van der Waals surface area contributed by atoms with Crippen LogP contribution in [0.5, 0.6) is 6.01 Å². The van der Waals surface area contributed by atoms with E-state index in [0.29, 0.717) is 40.8 Å². The van der Waals surface area contributed by atoms with Crippen LogP contribution < -0.4 is 20.3 Å². The van der Waals surface area contributed by atoms with Gasteiger partial charge in [0, 0.05) is 73.4 Å². The van der Waals surface area contributed by atoms with Crippen molar-refractivity contribution in [3.8, 4) is 6.01 Å².